The molecule has 1 saturated heterocycles. The van der Waals surface area contributed by atoms with Gasteiger partial charge in [0.15, 0.2) is 11.5 Å². The number of thiophene rings is 1. The van der Waals surface area contributed by atoms with Crippen LogP contribution in [0, 0.1) is 5.92 Å². The van der Waals surface area contributed by atoms with Crippen molar-refractivity contribution < 1.29 is 19.1 Å². The van der Waals surface area contributed by atoms with Gasteiger partial charge in [-0.1, -0.05) is 17.7 Å². The number of nitrogens with zero attached hydrogens (tertiary/aromatic N) is 2. The number of fused-ring (bicyclic) bond motifs is 1. The number of carbonyl (C=O) groups is 2. The van der Waals surface area contributed by atoms with E-state index >= 15 is 0 Å². The van der Waals surface area contributed by atoms with E-state index in [0.717, 1.165) is 23.4 Å². The van der Waals surface area contributed by atoms with E-state index in [9.17, 15) is 9.59 Å². The van der Waals surface area contributed by atoms with Crippen LogP contribution in [0.5, 0.6) is 11.5 Å². The summed E-state index contributed by atoms with van der Waals surface area (Å²) in [5.74, 6) is 1.00. The highest BCUT2D eigenvalue weighted by Crippen LogP contribution is 2.36. The first-order valence-corrected chi connectivity index (χ1v) is 12.6. The number of amides is 2. The monoisotopic (exact) mass is 496 g/mol. The summed E-state index contributed by atoms with van der Waals surface area (Å²) in [5.41, 5.74) is 1.35. The Morgan fingerprint density at radius 1 is 1.06 bits per heavy atom. The van der Waals surface area contributed by atoms with Gasteiger partial charge in [-0.25, -0.2) is 0 Å². The van der Waals surface area contributed by atoms with Crippen LogP contribution >= 0.6 is 22.9 Å². The third kappa shape index (κ3) is 4.91. The maximum atomic E-state index is 13.8. The second-order valence-electron chi connectivity index (χ2n) is 8.43. The number of carbonyl (C=O) groups excluding carboxylic acids is 2. The number of ether oxygens (including phenoxy) is 2. The number of likely N-dealkylation sites (tertiary alicyclic amines) is 1. The highest BCUT2D eigenvalue weighted by molar-refractivity contribution is 7.09. The molecular formula is C26H25ClN2O4S. The molecule has 1 aromatic heterocycles. The van der Waals surface area contributed by atoms with Gasteiger partial charge in [0.25, 0.3) is 5.91 Å². The topological polar surface area (TPSA) is 59.1 Å². The van der Waals surface area contributed by atoms with E-state index in [4.69, 9.17) is 21.1 Å². The average molecular weight is 497 g/mol. The number of benzene rings is 2. The number of rotatable bonds is 5. The van der Waals surface area contributed by atoms with Gasteiger partial charge in [0.05, 0.1) is 12.5 Å². The van der Waals surface area contributed by atoms with Crippen LogP contribution in [-0.4, -0.2) is 43.0 Å². The summed E-state index contributed by atoms with van der Waals surface area (Å²) >= 11 is 7.59. The minimum atomic E-state index is -0.279. The first-order valence-electron chi connectivity index (χ1n) is 11.4. The number of hydrogen-bond acceptors (Lipinski definition) is 5. The van der Waals surface area contributed by atoms with Crippen molar-refractivity contribution in [3.05, 3.63) is 75.4 Å². The van der Waals surface area contributed by atoms with Gasteiger partial charge in [-0.05, 0) is 60.7 Å². The third-order valence-electron chi connectivity index (χ3n) is 6.15. The molecule has 34 heavy (non-hydrogen) atoms. The zero-order valence-corrected chi connectivity index (χ0v) is 20.2. The molecule has 2 aliphatic heterocycles. The predicted molar refractivity (Wildman–Crippen MR) is 133 cm³/mol. The van der Waals surface area contributed by atoms with Gasteiger partial charge >= 0.3 is 0 Å². The van der Waals surface area contributed by atoms with Crippen molar-refractivity contribution in [1.82, 2.24) is 4.90 Å². The zero-order valence-electron chi connectivity index (χ0n) is 18.6. The van der Waals surface area contributed by atoms with E-state index < -0.39 is 0 Å². The van der Waals surface area contributed by atoms with Gasteiger partial charge in [-0.3, -0.25) is 9.59 Å². The van der Waals surface area contributed by atoms with Crippen molar-refractivity contribution in [1.29, 1.82) is 0 Å². The molecule has 8 heteroatoms. The lowest BCUT2D eigenvalue weighted by molar-refractivity contribution is -0.123. The number of anilines is 1. The van der Waals surface area contributed by atoms with Crippen LogP contribution in [0.25, 0.3) is 0 Å². The molecule has 1 atom stereocenters. The largest absolute Gasteiger partial charge is 0.486 e. The van der Waals surface area contributed by atoms with E-state index in [1.54, 1.807) is 40.5 Å². The molecule has 0 saturated carbocycles. The van der Waals surface area contributed by atoms with E-state index in [1.807, 2.05) is 40.6 Å². The molecule has 6 nitrogen and oxygen atoms in total. The zero-order chi connectivity index (χ0) is 23.5. The van der Waals surface area contributed by atoms with Gasteiger partial charge in [0.2, 0.25) is 5.91 Å². The molecule has 2 amide bonds. The lowest BCUT2D eigenvalue weighted by atomic mass is 9.95. The van der Waals surface area contributed by atoms with Gasteiger partial charge in [-0.15, -0.1) is 11.3 Å². The van der Waals surface area contributed by atoms with Gasteiger partial charge in [0.1, 0.15) is 13.2 Å². The van der Waals surface area contributed by atoms with E-state index in [0.29, 0.717) is 54.9 Å². The van der Waals surface area contributed by atoms with E-state index in [2.05, 4.69) is 0 Å². The molecular weight excluding hydrogens is 472 g/mol. The fourth-order valence-electron chi connectivity index (χ4n) is 4.41. The van der Waals surface area contributed by atoms with Crippen LogP contribution in [0.4, 0.5) is 5.69 Å². The Kier molecular flexibility index (Phi) is 6.74. The van der Waals surface area contributed by atoms with Crippen molar-refractivity contribution in [2.45, 2.75) is 19.4 Å². The summed E-state index contributed by atoms with van der Waals surface area (Å²) < 4.78 is 11.4. The van der Waals surface area contributed by atoms with Crippen LogP contribution in [0.1, 0.15) is 28.1 Å². The van der Waals surface area contributed by atoms with Crippen molar-refractivity contribution in [3.8, 4) is 11.5 Å². The SMILES string of the molecule is O=C(c1ccc(Cl)cc1)N1CCC[C@@H](C(=O)N(Cc2cccs2)c2ccc3c(c2)OCCO3)C1. The van der Waals surface area contributed by atoms with Crippen LogP contribution < -0.4 is 14.4 Å². The molecule has 176 valence electrons. The quantitative estimate of drug-likeness (QED) is 0.483. The highest BCUT2D eigenvalue weighted by Gasteiger charge is 2.33. The molecule has 0 spiro atoms. The Morgan fingerprint density at radius 3 is 2.62 bits per heavy atom. The molecule has 0 bridgehead atoms. The third-order valence-corrected chi connectivity index (χ3v) is 7.26. The van der Waals surface area contributed by atoms with Crippen molar-refractivity contribution >= 4 is 40.4 Å². The van der Waals surface area contributed by atoms with Crippen molar-refractivity contribution in [2.24, 2.45) is 5.92 Å². The van der Waals surface area contributed by atoms with E-state index in [-0.39, 0.29) is 17.7 Å². The summed E-state index contributed by atoms with van der Waals surface area (Å²) in [4.78, 5) is 31.6. The van der Waals surface area contributed by atoms with E-state index in [1.165, 1.54) is 0 Å². The van der Waals surface area contributed by atoms with Crippen molar-refractivity contribution in [2.75, 3.05) is 31.2 Å². The molecule has 1 fully saturated rings. The summed E-state index contributed by atoms with van der Waals surface area (Å²) in [5, 5.41) is 2.60. The second kappa shape index (κ2) is 10.1. The Hall–Kier alpha value is -3.03. The van der Waals surface area contributed by atoms with Gasteiger partial charge in [-0.2, -0.15) is 0 Å². The molecule has 5 rings (SSSR count). The lowest BCUT2D eigenvalue weighted by Crippen LogP contribution is -2.46. The van der Waals surface area contributed by atoms with Crippen molar-refractivity contribution in [3.63, 3.8) is 0 Å². The molecule has 2 aliphatic rings. The second-order valence-corrected chi connectivity index (χ2v) is 9.90. The maximum Gasteiger partial charge on any atom is 0.253 e. The Bertz CT molecular complexity index is 1170. The average Bonchev–Trinajstić information content (AvgIpc) is 3.40. The van der Waals surface area contributed by atoms with Gasteiger partial charge < -0.3 is 19.3 Å². The minimum absolute atomic E-state index is 0.0127. The highest BCUT2D eigenvalue weighted by atomic mass is 35.5. The normalized spacial score (nSPS) is 17.3. The lowest BCUT2D eigenvalue weighted by Gasteiger charge is -2.35. The number of halogens is 1. The maximum absolute atomic E-state index is 13.8. The predicted octanol–water partition coefficient (Wildman–Crippen LogP) is 5.26. The molecule has 3 heterocycles. The number of piperidine rings is 1. The molecule has 0 radical (unpaired) electrons. The molecule has 0 unspecified atom stereocenters. The molecule has 0 N–H and O–H groups in total. The Labute approximate surface area is 207 Å². The van der Waals surface area contributed by atoms with Crippen LogP contribution in [0.3, 0.4) is 0 Å². The summed E-state index contributed by atoms with van der Waals surface area (Å²) in [7, 11) is 0. The van der Waals surface area contributed by atoms with Crippen LogP contribution in [-0.2, 0) is 11.3 Å². The first-order chi connectivity index (χ1) is 16.6. The summed E-state index contributed by atoms with van der Waals surface area (Å²) in [6.07, 6.45) is 1.53. The summed E-state index contributed by atoms with van der Waals surface area (Å²) in [6, 6.07) is 16.5. The standard InChI is InChI=1S/C26H25ClN2O4S/c27-20-7-5-18(6-8-20)25(30)28-11-1-3-19(16-28)26(31)29(17-22-4-2-14-34-22)21-9-10-23-24(15-21)33-13-12-32-23/h2,4-10,14-15,19H,1,3,11-13,16-17H2/t19-/m1/s1. The summed E-state index contributed by atoms with van der Waals surface area (Å²) in [6.45, 7) is 2.51. The Balaban J connectivity index is 1.38. The van der Waals surface area contributed by atoms with Crippen LogP contribution in [0.2, 0.25) is 5.02 Å². The fraction of sp³-hybridized carbons (Fsp3) is 0.308. The molecule has 0 aliphatic carbocycles. The minimum Gasteiger partial charge on any atom is -0.486 e. The van der Waals surface area contributed by atoms with Gasteiger partial charge in [0, 0.05) is 40.3 Å². The fourth-order valence-corrected chi connectivity index (χ4v) is 5.23. The first kappa shape index (κ1) is 22.7. The van der Waals surface area contributed by atoms with Crippen LogP contribution in [0.15, 0.2) is 60.0 Å². The number of hydrogen-bond donors (Lipinski definition) is 0. The molecule has 3 aromatic rings. The Morgan fingerprint density at radius 2 is 1.85 bits per heavy atom. The molecule has 2 aromatic carbocycles. The smallest absolute Gasteiger partial charge is 0.253 e.